The number of fused-ring (bicyclic) bond motifs is 2. The summed E-state index contributed by atoms with van der Waals surface area (Å²) in [5.74, 6) is 0. The van der Waals surface area contributed by atoms with Gasteiger partial charge in [0.15, 0.2) is 0 Å². The average Bonchev–Trinajstić information content (AvgIpc) is 2.47. The van der Waals surface area contributed by atoms with Gasteiger partial charge in [-0.1, -0.05) is 13.3 Å². The summed E-state index contributed by atoms with van der Waals surface area (Å²) in [7, 11) is 1.72. The molecule has 2 heterocycles. The molecule has 0 aromatic heterocycles. The molecule has 2 aliphatic heterocycles. The van der Waals surface area contributed by atoms with Gasteiger partial charge in [-0.25, -0.2) is 0 Å². The van der Waals surface area contributed by atoms with E-state index in [2.05, 4.69) is 17.1 Å². The van der Waals surface area contributed by atoms with E-state index < -0.39 is 0 Å². The second kappa shape index (κ2) is 9.78. The van der Waals surface area contributed by atoms with Gasteiger partial charge >= 0.3 is 0 Å². The predicted molar refractivity (Wildman–Crippen MR) is 86.8 cm³/mol. The van der Waals surface area contributed by atoms with E-state index in [9.17, 15) is 0 Å². The normalized spacial score (nSPS) is 29.7. The molecule has 2 atom stereocenters. The van der Waals surface area contributed by atoms with Gasteiger partial charge in [-0.2, -0.15) is 0 Å². The van der Waals surface area contributed by atoms with E-state index in [0.717, 1.165) is 37.9 Å². The lowest BCUT2D eigenvalue weighted by Crippen LogP contribution is -2.56. The number of piperidine rings is 2. The number of nitrogens with zero attached hydrogens (tertiary/aromatic N) is 1. The second-order valence-electron chi connectivity index (χ2n) is 6.51. The third-order valence-corrected chi connectivity index (χ3v) is 5.01. The average molecular weight is 298 g/mol. The summed E-state index contributed by atoms with van der Waals surface area (Å²) in [6.45, 7) is 6.93. The first kappa shape index (κ1) is 17.2. The lowest BCUT2D eigenvalue weighted by atomic mass is 9.81. The highest BCUT2D eigenvalue weighted by Crippen LogP contribution is 2.34. The maximum Gasteiger partial charge on any atom is 0.0700 e. The number of methoxy groups -OCH3 is 1. The topological polar surface area (TPSA) is 33.7 Å². The number of rotatable bonds is 10. The molecule has 1 N–H and O–H groups in total. The zero-order valence-corrected chi connectivity index (χ0v) is 14.0. The fourth-order valence-corrected chi connectivity index (χ4v) is 4.04. The van der Waals surface area contributed by atoms with E-state index in [1.807, 2.05) is 0 Å². The smallest absolute Gasteiger partial charge is 0.0700 e. The molecule has 0 spiro atoms. The van der Waals surface area contributed by atoms with Crippen LogP contribution in [-0.4, -0.2) is 63.0 Å². The Hall–Kier alpha value is -0.160. The molecule has 0 radical (unpaired) electrons. The van der Waals surface area contributed by atoms with E-state index in [-0.39, 0.29) is 0 Å². The molecule has 2 saturated heterocycles. The standard InChI is InChI=1S/C17H34N2O2/c1-3-18-15-13-16-7-6-8-17(14-15)19(16)9-4-5-10-21-12-11-20-2/h15-18H,3-14H2,1-2H3. The second-order valence-corrected chi connectivity index (χ2v) is 6.51. The minimum Gasteiger partial charge on any atom is -0.382 e. The molecule has 21 heavy (non-hydrogen) atoms. The van der Waals surface area contributed by atoms with E-state index >= 15 is 0 Å². The molecule has 2 unspecified atom stereocenters. The fraction of sp³-hybridized carbons (Fsp3) is 1.00. The monoisotopic (exact) mass is 298 g/mol. The van der Waals surface area contributed by atoms with Crippen LogP contribution in [0.15, 0.2) is 0 Å². The maximum absolute atomic E-state index is 5.55. The maximum atomic E-state index is 5.55. The van der Waals surface area contributed by atoms with Crippen LogP contribution in [0.4, 0.5) is 0 Å². The predicted octanol–water partition coefficient (Wildman–Crippen LogP) is 2.42. The molecule has 2 bridgehead atoms. The number of unbranched alkanes of at least 4 members (excludes halogenated alkanes) is 1. The molecule has 2 aliphatic rings. The van der Waals surface area contributed by atoms with Gasteiger partial charge in [0.05, 0.1) is 13.2 Å². The van der Waals surface area contributed by atoms with Gasteiger partial charge in [0.25, 0.3) is 0 Å². The van der Waals surface area contributed by atoms with Crippen molar-refractivity contribution in [1.82, 2.24) is 10.2 Å². The lowest BCUT2D eigenvalue weighted by Gasteiger charge is -2.49. The van der Waals surface area contributed by atoms with Crippen LogP contribution in [0.3, 0.4) is 0 Å². The van der Waals surface area contributed by atoms with E-state index in [0.29, 0.717) is 6.61 Å². The molecule has 0 aromatic rings. The van der Waals surface area contributed by atoms with E-state index in [4.69, 9.17) is 9.47 Å². The summed E-state index contributed by atoms with van der Waals surface area (Å²) in [5.41, 5.74) is 0. The molecule has 2 fully saturated rings. The largest absolute Gasteiger partial charge is 0.382 e. The molecule has 0 aliphatic carbocycles. The zero-order valence-electron chi connectivity index (χ0n) is 14.0. The molecular formula is C17H34N2O2. The Labute approximate surface area is 130 Å². The molecule has 0 aromatic carbocycles. The van der Waals surface area contributed by atoms with Gasteiger partial charge < -0.3 is 14.8 Å². The van der Waals surface area contributed by atoms with Crippen LogP contribution in [0.2, 0.25) is 0 Å². The van der Waals surface area contributed by atoms with Crippen LogP contribution in [-0.2, 0) is 9.47 Å². The first-order valence-corrected chi connectivity index (χ1v) is 8.91. The highest BCUT2D eigenvalue weighted by Gasteiger charge is 2.37. The van der Waals surface area contributed by atoms with Crippen molar-refractivity contribution in [1.29, 1.82) is 0 Å². The SMILES string of the molecule is CCNC1CC2CCCC(C1)N2CCCCOCCOC. The van der Waals surface area contributed by atoms with Crippen molar-refractivity contribution in [2.24, 2.45) is 0 Å². The third kappa shape index (κ3) is 5.51. The number of hydrogen-bond donors (Lipinski definition) is 1. The Morgan fingerprint density at radius 3 is 2.48 bits per heavy atom. The summed E-state index contributed by atoms with van der Waals surface area (Å²) in [6, 6.07) is 2.42. The molecule has 2 rings (SSSR count). The fourth-order valence-electron chi connectivity index (χ4n) is 4.04. The Morgan fingerprint density at radius 2 is 1.81 bits per heavy atom. The number of ether oxygens (including phenoxy) is 2. The van der Waals surface area contributed by atoms with Crippen molar-refractivity contribution in [3.63, 3.8) is 0 Å². The Morgan fingerprint density at radius 1 is 1.05 bits per heavy atom. The van der Waals surface area contributed by atoms with Crippen LogP contribution in [0.5, 0.6) is 0 Å². The minimum absolute atomic E-state index is 0.710. The molecule has 124 valence electrons. The highest BCUT2D eigenvalue weighted by molar-refractivity contribution is 4.94. The quantitative estimate of drug-likeness (QED) is 0.628. The van der Waals surface area contributed by atoms with Crippen LogP contribution < -0.4 is 5.32 Å². The molecule has 0 saturated carbocycles. The Balaban J connectivity index is 1.64. The van der Waals surface area contributed by atoms with Crippen LogP contribution >= 0.6 is 0 Å². The van der Waals surface area contributed by atoms with Crippen LogP contribution in [0, 0.1) is 0 Å². The minimum atomic E-state index is 0.710. The third-order valence-electron chi connectivity index (χ3n) is 5.01. The van der Waals surface area contributed by atoms with Gasteiger partial charge in [0, 0.05) is 31.8 Å². The molecule has 4 heteroatoms. The highest BCUT2D eigenvalue weighted by atomic mass is 16.5. The van der Waals surface area contributed by atoms with Gasteiger partial charge in [0.2, 0.25) is 0 Å². The summed E-state index contributed by atoms with van der Waals surface area (Å²) >= 11 is 0. The van der Waals surface area contributed by atoms with Crippen molar-refractivity contribution in [2.45, 2.75) is 70.0 Å². The van der Waals surface area contributed by atoms with Gasteiger partial charge in [-0.3, -0.25) is 4.90 Å². The van der Waals surface area contributed by atoms with Crippen molar-refractivity contribution >= 4 is 0 Å². The van der Waals surface area contributed by atoms with E-state index in [1.165, 1.54) is 51.5 Å². The molecule has 4 nitrogen and oxygen atoms in total. The summed E-state index contributed by atoms with van der Waals surface area (Å²) in [5, 5.41) is 3.67. The van der Waals surface area contributed by atoms with Crippen molar-refractivity contribution in [3.05, 3.63) is 0 Å². The first-order valence-electron chi connectivity index (χ1n) is 8.91. The van der Waals surface area contributed by atoms with Gasteiger partial charge in [0.1, 0.15) is 0 Å². The van der Waals surface area contributed by atoms with Gasteiger partial charge in [-0.05, 0) is 51.6 Å². The zero-order chi connectivity index (χ0) is 14.9. The Kier molecular flexibility index (Phi) is 8.01. The summed E-state index contributed by atoms with van der Waals surface area (Å²) < 4.78 is 10.5. The van der Waals surface area contributed by atoms with Crippen LogP contribution in [0.25, 0.3) is 0 Å². The molecular weight excluding hydrogens is 264 g/mol. The van der Waals surface area contributed by atoms with Crippen LogP contribution in [0.1, 0.15) is 51.9 Å². The van der Waals surface area contributed by atoms with Crippen molar-refractivity contribution in [3.8, 4) is 0 Å². The van der Waals surface area contributed by atoms with Crippen molar-refractivity contribution < 1.29 is 9.47 Å². The lowest BCUT2D eigenvalue weighted by molar-refractivity contribution is 0.0200. The summed E-state index contributed by atoms with van der Waals surface area (Å²) in [6.07, 6.45) is 9.40. The van der Waals surface area contributed by atoms with E-state index in [1.54, 1.807) is 7.11 Å². The Bertz CT molecular complexity index is 262. The molecule has 0 amide bonds. The van der Waals surface area contributed by atoms with Crippen molar-refractivity contribution in [2.75, 3.05) is 40.0 Å². The number of nitrogens with one attached hydrogen (secondary N) is 1. The number of hydrogen-bond acceptors (Lipinski definition) is 4. The first-order chi connectivity index (χ1) is 10.3. The summed E-state index contributed by atoms with van der Waals surface area (Å²) in [4.78, 5) is 2.81. The van der Waals surface area contributed by atoms with Gasteiger partial charge in [-0.15, -0.1) is 0 Å².